The monoisotopic (exact) mass is 447 g/mol. The Balaban J connectivity index is 1.78. The van der Waals surface area contributed by atoms with E-state index < -0.39 is 5.97 Å². The molecule has 0 amide bonds. The molecule has 0 saturated carbocycles. The first kappa shape index (κ1) is 21.0. The fourth-order valence-corrected chi connectivity index (χ4v) is 3.92. The van der Waals surface area contributed by atoms with E-state index in [-0.39, 0.29) is 23.6 Å². The third kappa shape index (κ3) is 4.67. The number of carbonyl (C=O) groups is 2. The van der Waals surface area contributed by atoms with E-state index in [1.54, 1.807) is 30.5 Å². The van der Waals surface area contributed by atoms with Gasteiger partial charge in [-0.05, 0) is 36.8 Å². The molecule has 0 aliphatic rings. The number of rotatable bonds is 6. The highest BCUT2D eigenvalue weighted by Crippen LogP contribution is 2.40. The molecule has 148 valence electrons. The van der Waals surface area contributed by atoms with E-state index in [0.29, 0.717) is 31.8 Å². The zero-order valence-electron chi connectivity index (χ0n) is 15.1. The van der Waals surface area contributed by atoms with Crippen LogP contribution in [0.2, 0.25) is 10.0 Å². The van der Waals surface area contributed by atoms with Gasteiger partial charge in [-0.1, -0.05) is 41.4 Å². The number of benzene rings is 2. The highest BCUT2D eigenvalue weighted by atomic mass is 35.5. The summed E-state index contributed by atoms with van der Waals surface area (Å²) in [6, 6.07) is 10.8. The first-order chi connectivity index (χ1) is 13.8. The van der Waals surface area contributed by atoms with Gasteiger partial charge in [0.25, 0.3) is 0 Å². The van der Waals surface area contributed by atoms with Crippen LogP contribution in [0.3, 0.4) is 0 Å². The number of ketones is 1. The molecule has 1 aromatic heterocycles. The van der Waals surface area contributed by atoms with Crippen molar-refractivity contribution in [1.82, 2.24) is 0 Å². The average Bonchev–Trinajstić information content (AvgIpc) is 3.09. The zero-order chi connectivity index (χ0) is 21.1. The van der Waals surface area contributed by atoms with Gasteiger partial charge in [-0.2, -0.15) is 0 Å². The lowest BCUT2D eigenvalue weighted by Gasteiger charge is -2.04. The van der Waals surface area contributed by atoms with Crippen LogP contribution in [-0.2, 0) is 0 Å². The molecule has 2 N–H and O–H groups in total. The summed E-state index contributed by atoms with van der Waals surface area (Å²) in [5.41, 5.74) is 2.26. The highest BCUT2D eigenvalue weighted by Gasteiger charge is 2.16. The van der Waals surface area contributed by atoms with Crippen molar-refractivity contribution in [1.29, 1.82) is 0 Å². The van der Waals surface area contributed by atoms with E-state index >= 15 is 0 Å². The summed E-state index contributed by atoms with van der Waals surface area (Å²) in [5.74, 6) is -1.24. The Morgan fingerprint density at radius 1 is 1.03 bits per heavy atom. The summed E-state index contributed by atoms with van der Waals surface area (Å²) >= 11 is 13.3. The molecule has 0 aliphatic heterocycles. The lowest BCUT2D eigenvalue weighted by atomic mass is 10.1. The van der Waals surface area contributed by atoms with E-state index in [1.165, 1.54) is 35.6 Å². The lowest BCUT2D eigenvalue weighted by Crippen LogP contribution is -2.07. The fraction of sp³-hybridized carbons (Fsp3) is 0.0952. The number of carboxylic acids is 1. The van der Waals surface area contributed by atoms with Crippen LogP contribution >= 0.6 is 34.5 Å². The van der Waals surface area contributed by atoms with Gasteiger partial charge in [-0.3, -0.25) is 9.79 Å². The van der Waals surface area contributed by atoms with Crippen molar-refractivity contribution in [3.63, 3.8) is 0 Å². The number of aliphatic imine (C=N–C) groups is 1. The van der Waals surface area contributed by atoms with Crippen molar-refractivity contribution in [2.75, 3.05) is 6.54 Å². The van der Waals surface area contributed by atoms with Crippen LogP contribution in [0.5, 0.6) is 5.75 Å². The number of halogens is 2. The summed E-state index contributed by atoms with van der Waals surface area (Å²) < 4.78 is 0. The molecular formula is C21H15Cl2NO4S. The smallest absolute Gasteiger partial charge is 0.335 e. The van der Waals surface area contributed by atoms with Crippen LogP contribution in [-0.4, -0.2) is 34.2 Å². The molecule has 2 aromatic carbocycles. The van der Waals surface area contributed by atoms with Gasteiger partial charge >= 0.3 is 5.97 Å². The predicted octanol–water partition coefficient (Wildman–Crippen LogP) is 5.82. The number of carboxylic acid groups (broad SMARTS) is 1. The summed E-state index contributed by atoms with van der Waals surface area (Å²) in [6.07, 6.45) is 0. The largest absolute Gasteiger partial charge is 0.506 e. The topological polar surface area (TPSA) is 87.0 Å². The van der Waals surface area contributed by atoms with Gasteiger partial charge in [0.05, 0.1) is 20.5 Å². The number of nitrogens with zero attached hydrogens (tertiary/aromatic N) is 1. The number of carbonyl (C=O) groups excluding carboxylic acids is 1. The second kappa shape index (κ2) is 8.78. The number of Topliss-reactive ketones (excluding diaryl/α,β-unsaturated/α-hetero) is 1. The molecule has 29 heavy (non-hydrogen) atoms. The van der Waals surface area contributed by atoms with E-state index in [4.69, 9.17) is 28.3 Å². The molecule has 8 heteroatoms. The molecule has 5 nitrogen and oxygen atoms in total. The van der Waals surface area contributed by atoms with Gasteiger partial charge < -0.3 is 10.2 Å². The molecule has 0 aliphatic carbocycles. The fourth-order valence-electron chi connectivity index (χ4n) is 2.62. The molecule has 3 rings (SSSR count). The van der Waals surface area contributed by atoms with Crippen LogP contribution in [0.15, 0.2) is 52.8 Å². The van der Waals surface area contributed by atoms with Gasteiger partial charge in [0.2, 0.25) is 0 Å². The van der Waals surface area contributed by atoms with Gasteiger partial charge in [-0.15, -0.1) is 11.3 Å². The van der Waals surface area contributed by atoms with Gasteiger partial charge in [0.1, 0.15) is 12.3 Å². The first-order valence-corrected chi connectivity index (χ1v) is 10.1. The molecule has 0 fully saturated rings. The van der Waals surface area contributed by atoms with E-state index in [0.717, 1.165) is 5.56 Å². The Bertz CT molecular complexity index is 1120. The average molecular weight is 448 g/mol. The van der Waals surface area contributed by atoms with Crippen LogP contribution in [0.4, 0.5) is 0 Å². The maximum Gasteiger partial charge on any atom is 0.335 e. The second-order valence-electron chi connectivity index (χ2n) is 6.16. The van der Waals surface area contributed by atoms with Crippen LogP contribution in [0.1, 0.15) is 33.2 Å². The highest BCUT2D eigenvalue weighted by molar-refractivity contribution is 7.14. The van der Waals surface area contributed by atoms with E-state index in [1.807, 2.05) is 0 Å². The van der Waals surface area contributed by atoms with E-state index in [9.17, 15) is 14.7 Å². The van der Waals surface area contributed by atoms with Crippen molar-refractivity contribution >= 4 is 52.0 Å². The number of aromatic carboxylic acids is 1. The molecule has 3 aromatic rings. The number of hydrogen-bond donors (Lipinski definition) is 2. The quantitative estimate of drug-likeness (QED) is 0.368. The maximum absolute atomic E-state index is 12.3. The Labute approximate surface area is 180 Å². The first-order valence-electron chi connectivity index (χ1n) is 8.41. The Kier molecular flexibility index (Phi) is 6.37. The second-order valence-corrected chi connectivity index (χ2v) is 7.86. The molecule has 0 saturated heterocycles. The number of hydrogen-bond acceptors (Lipinski definition) is 5. The SMILES string of the molecule is CC(=NCC(=O)c1ccc(C(=O)O)cc1)c1csc(-c2ccc(Cl)c(Cl)c2)c1O. The summed E-state index contributed by atoms with van der Waals surface area (Å²) in [4.78, 5) is 28.1. The molecule has 0 bridgehead atoms. The summed E-state index contributed by atoms with van der Waals surface area (Å²) in [5, 5.41) is 22.1. The zero-order valence-corrected chi connectivity index (χ0v) is 17.5. The molecule has 1 heterocycles. The molecule has 0 unspecified atom stereocenters. The van der Waals surface area contributed by atoms with Crippen LogP contribution in [0, 0.1) is 0 Å². The van der Waals surface area contributed by atoms with Crippen molar-refractivity contribution in [3.05, 3.63) is 74.6 Å². The Morgan fingerprint density at radius 2 is 1.69 bits per heavy atom. The molecule has 0 spiro atoms. The van der Waals surface area contributed by atoms with Crippen molar-refractivity contribution in [2.24, 2.45) is 4.99 Å². The van der Waals surface area contributed by atoms with Gasteiger partial charge in [0.15, 0.2) is 5.78 Å². The Morgan fingerprint density at radius 3 is 2.31 bits per heavy atom. The predicted molar refractivity (Wildman–Crippen MR) is 116 cm³/mol. The molecule has 0 radical (unpaired) electrons. The minimum absolute atomic E-state index is 0.0629. The summed E-state index contributed by atoms with van der Waals surface area (Å²) in [7, 11) is 0. The Hall–Kier alpha value is -2.67. The van der Waals surface area contributed by atoms with E-state index in [2.05, 4.69) is 4.99 Å². The lowest BCUT2D eigenvalue weighted by molar-refractivity contribution is 0.0696. The maximum atomic E-state index is 12.3. The molecule has 0 atom stereocenters. The minimum atomic E-state index is -1.05. The standard InChI is InChI=1S/C21H15Cl2NO4S/c1-11(24-9-18(25)12-2-4-13(5-3-12)21(27)28)15-10-29-20(19(15)26)14-6-7-16(22)17(23)8-14/h2-8,10,26H,9H2,1H3,(H,27,28). The third-order valence-corrected chi connectivity index (χ3v) is 6.01. The normalized spacial score (nSPS) is 11.5. The van der Waals surface area contributed by atoms with Crippen molar-refractivity contribution < 1.29 is 19.8 Å². The number of aromatic hydroxyl groups is 1. The van der Waals surface area contributed by atoms with Crippen molar-refractivity contribution in [2.45, 2.75) is 6.92 Å². The van der Waals surface area contributed by atoms with Gasteiger partial charge in [-0.25, -0.2) is 4.79 Å². The van der Waals surface area contributed by atoms with Crippen LogP contribution < -0.4 is 0 Å². The van der Waals surface area contributed by atoms with Gasteiger partial charge in [0, 0.05) is 22.2 Å². The minimum Gasteiger partial charge on any atom is -0.506 e. The third-order valence-electron chi connectivity index (χ3n) is 4.25. The van der Waals surface area contributed by atoms with Crippen molar-refractivity contribution in [3.8, 4) is 16.2 Å². The summed E-state index contributed by atoms with van der Waals surface area (Å²) in [6.45, 7) is 1.59. The van der Waals surface area contributed by atoms with Crippen LogP contribution in [0.25, 0.3) is 10.4 Å². The molecular weight excluding hydrogens is 433 g/mol. The number of thiophene rings is 1.